The number of aliphatic hydroxyl groups excluding tert-OH is 1. The van der Waals surface area contributed by atoms with Gasteiger partial charge in [-0.15, -0.1) is 0 Å². The van der Waals surface area contributed by atoms with Crippen molar-refractivity contribution >= 4 is 11.9 Å². The Bertz CT molecular complexity index is 780. The second-order valence-corrected chi connectivity index (χ2v) is 16.5. The number of hydrogen-bond donors (Lipinski definition) is 1. The van der Waals surface area contributed by atoms with Crippen molar-refractivity contribution in [1.82, 2.24) is 0 Å². The van der Waals surface area contributed by atoms with Gasteiger partial charge in [0.15, 0.2) is 6.10 Å². The molecule has 1 atom stereocenters. The zero-order valence-corrected chi connectivity index (χ0v) is 36.5. The third-order valence-electron chi connectivity index (χ3n) is 11.0. The highest BCUT2D eigenvalue weighted by Gasteiger charge is 2.16. The third kappa shape index (κ3) is 43.4. The molecule has 0 amide bonds. The molecule has 5 heteroatoms. The molecular formula is C49H94O5. The van der Waals surface area contributed by atoms with Crippen LogP contribution in [0.3, 0.4) is 0 Å². The highest BCUT2D eigenvalue weighted by Crippen LogP contribution is 2.17. The van der Waals surface area contributed by atoms with E-state index in [0.29, 0.717) is 12.8 Å². The summed E-state index contributed by atoms with van der Waals surface area (Å²) in [5, 5.41) is 9.55. The number of rotatable bonds is 45. The zero-order chi connectivity index (χ0) is 39.3. The van der Waals surface area contributed by atoms with E-state index in [4.69, 9.17) is 9.47 Å². The molecule has 0 aromatic carbocycles. The van der Waals surface area contributed by atoms with Crippen LogP contribution < -0.4 is 0 Å². The molecule has 0 aliphatic rings. The van der Waals surface area contributed by atoms with E-state index in [-0.39, 0.29) is 25.2 Å². The second-order valence-electron chi connectivity index (χ2n) is 16.5. The number of carbonyl (C=O) groups excluding carboxylic acids is 2. The van der Waals surface area contributed by atoms with Gasteiger partial charge in [-0.25, -0.2) is 0 Å². The molecule has 0 aliphatic carbocycles. The Balaban J connectivity index is 3.35. The van der Waals surface area contributed by atoms with E-state index < -0.39 is 6.10 Å². The number of unbranched alkanes of at least 4 members (excludes halogenated alkanes) is 35. The van der Waals surface area contributed by atoms with E-state index in [2.05, 4.69) is 26.0 Å². The first kappa shape index (κ1) is 52.6. The van der Waals surface area contributed by atoms with Gasteiger partial charge in [0, 0.05) is 12.8 Å². The molecule has 0 bridgehead atoms. The Hall–Kier alpha value is -1.36. The zero-order valence-electron chi connectivity index (χ0n) is 36.5. The van der Waals surface area contributed by atoms with Crippen LogP contribution in [-0.4, -0.2) is 36.4 Å². The predicted octanol–water partition coefficient (Wildman–Crippen LogP) is 15.6. The summed E-state index contributed by atoms with van der Waals surface area (Å²) < 4.78 is 10.6. The van der Waals surface area contributed by atoms with E-state index in [1.54, 1.807) is 0 Å². The molecule has 1 N–H and O–H groups in total. The molecule has 0 rings (SSSR count). The van der Waals surface area contributed by atoms with E-state index in [1.165, 1.54) is 199 Å². The fraction of sp³-hybridized carbons (Fsp3) is 0.918. The molecular weight excluding hydrogens is 669 g/mol. The minimum absolute atomic E-state index is 0.0633. The van der Waals surface area contributed by atoms with Crippen LogP contribution in [0.25, 0.3) is 0 Å². The van der Waals surface area contributed by atoms with Gasteiger partial charge in [0.1, 0.15) is 6.61 Å². The van der Waals surface area contributed by atoms with Crippen LogP contribution in [0.15, 0.2) is 12.2 Å². The Morgan fingerprint density at radius 3 is 1.07 bits per heavy atom. The maximum atomic E-state index is 12.1. The lowest BCUT2D eigenvalue weighted by Gasteiger charge is -2.15. The minimum atomic E-state index is -0.769. The van der Waals surface area contributed by atoms with Crippen LogP contribution in [0.5, 0.6) is 0 Å². The first-order chi connectivity index (χ1) is 26.6. The van der Waals surface area contributed by atoms with Crippen LogP contribution in [0.4, 0.5) is 0 Å². The molecule has 54 heavy (non-hydrogen) atoms. The largest absolute Gasteiger partial charge is 0.462 e. The number of aliphatic hydroxyl groups is 1. The van der Waals surface area contributed by atoms with Crippen molar-refractivity contribution in [3.05, 3.63) is 12.2 Å². The van der Waals surface area contributed by atoms with E-state index in [1.807, 2.05) is 0 Å². The molecule has 0 saturated carbocycles. The summed E-state index contributed by atoms with van der Waals surface area (Å²) in [5.41, 5.74) is 0. The molecule has 0 aromatic heterocycles. The van der Waals surface area contributed by atoms with Crippen molar-refractivity contribution in [3.8, 4) is 0 Å². The predicted molar refractivity (Wildman–Crippen MR) is 233 cm³/mol. The average Bonchev–Trinajstić information content (AvgIpc) is 3.17. The molecule has 0 heterocycles. The number of allylic oxidation sites excluding steroid dienone is 2. The summed E-state index contributed by atoms with van der Waals surface area (Å²) in [6.45, 7) is 4.10. The summed E-state index contributed by atoms with van der Waals surface area (Å²) in [7, 11) is 0. The Morgan fingerprint density at radius 1 is 0.407 bits per heavy atom. The van der Waals surface area contributed by atoms with Crippen molar-refractivity contribution < 1.29 is 24.2 Å². The van der Waals surface area contributed by atoms with Gasteiger partial charge >= 0.3 is 11.9 Å². The van der Waals surface area contributed by atoms with Crippen LogP contribution in [0, 0.1) is 0 Å². The van der Waals surface area contributed by atoms with Gasteiger partial charge < -0.3 is 14.6 Å². The van der Waals surface area contributed by atoms with Crippen molar-refractivity contribution in [3.63, 3.8) is 0 Å². The summed E-state index contributed by atoms with van der Waals surface area (Å²) in [5.74, 6) is -0.590. The molecule has 0 fully saturated rings. The summed E-state index contributed by atoms with van der Waals surface area (Å²) >= 11 is 0. The normalized spacial score (nSPS) is 12.1. The molecule has 0 radical (unpaired) electrons. The lowest BCUT2D eigenvalue weighted by atomic mass is 10.0. The van der Waals surface area contributed by atoms with E-state index >= 15 is 0 Å². The maximum absolute atomic E-state index is 12.1. The first-order valence-electron chi connectivity index (χ1n) is 24.2. The smallest absolute Gasteiger partial charge is 0.306 e. The Labute approximate surface area is 337 Å². The Morgan fingerprint density at radius 2 is 0.722 bits per heavy atom. The number of esters is 2. The SMILES string of the molecule is CCC/C=C\CCCCCCCC(=O)OC(CO)COC(=O)CCCCCCCCCCCCCCCCCCCCCCCCCCCCCCCC. The second kappa shape index (κ2) is 46.0. The van der Waals surface area contributed by atoms with Crippen molar-refractivity contribution in [2.45, 2.75) is 277 Å². The third-order valence-corrected chi connectivity index (χ3v) is 11.0. The fourth-order valence-corrected chi connectivity index (χ4v) is 7.38. The minimum Gasteiger partial charge on any atom is -0.462 e. The van der Waals surface area contributed by atoms with Crippen LogP contribution in [-0.2, 0) is 19.1 Å². The fourth-order valence-electron chi connectivity index (χ4n) is 7.38. The average molecular weight is 763 g/mol. The topological polar surface area (TPSA) is 72.8 Å². The molecule has 1 unspecified atom stereocenters. The van der Waals surface area contributed by atoms with Crippen molar-refractivity contribution in [2.75, 3.05) is 13.2 Å². The van der Waals surface area contributed by atoms with Gasteiger partial charge in [0.05, 0.1) is 6.61 Å². The standard InChI is InChI=1S/C49H94O5/c1-3-5-7-9-11-13-15-16-17-18-19-20-21-22-23-24-25-26-27-28-29-30-31-32-33-34-36-37-39-41-43-48(51)53-46-47(45-50)54-49(52)44-42-40-38-35-14-12-10-8-6-4-2/h8,10,47,50H,3-7,9,11-46H2,1-2H3/b10-8-. The highest BCUT2D eigenvalue weighted by atomic mass is 16.6. The Kier molecular flexibility index (Phi) is 44.9. The van der Waals surface area contributed by atoms with Gasteiger partial charge in [-0.05, 0) is 32.1 Å². The number of hydrogen-bond acceptors (Lipinski definition) is 5. The monoisotopic (exact) mass is 763 g/mol. The molecule has 5 nitrogen and oxygen atoms in total. The molecule has 0 aromatic rings. The summed E-state index contributed by atoms with van der Waals surface area (Å²) in [6.07, 6.45) is 54.7. The van der Waals surface area contributed by atoms with E-state index in [0.717, 1.165) is 44.9 Å². The summed E-state index contributed by atoms with van der Waals surface area (Å²) in [4.78, 5) is 24.3. The van der Waals surface area contributed by atoms with Crippen molar-refractivity contribution in [1.29, 1.82) is 0 Å². The molecule has 0 saturated heterocycles. The maximum Gasteiger partial charge on any atom is 0.306 e. The number of carbonyl (C=O) groups is 2. The van der Waals surface area contributed by atoms with E-state index in [9.17, 15) is 14.7 Å². The molecule has 0 spiro atoms. The number of ether oxygens (including phenoxy) is 2. The van der Waals surface area contributed by atoms with Gasteiger partial charge in [0.25, 0.3) is 0 Å². The van der Waals surface area contributed by atoms with Crippen LogP contribution in [0.1, 0.15) is 271 Å². The van der Waals surface area contributed by atoms with Crippen LogP contribution >= 0.6 is 0 Å². The summed E-state index contributed by atoms with van der Waals surface area (Å²) in [6, 6.07) is 0. The quantitative estimate of drug-likeness (QED) is 0.0380. The highest BCUT2D eigenvalue weighted by molar-refractivity contribution is 5.70. The molecule has 320 valence electrons. The van der Waals surface area contributed by atoms with Gasteiger partial charge in [0.2, 0.25) is 0 Å². The van der Waals surface area contributed by atoms with Gasteiger partial charge in [-0.1, -0.05) is 238 Å². The first-order valence-corrected chi connectivity index (χ1v) is 24.2. The van der Waals surface area contributed by atoms with Gasteiger partial charge in [-0.2, -0.15) is 0 Å². The molecule has 0 aliphatic heterocycles. The lowest BCUT2D eigenvalue weighted by Crippen LogP contribution is -2.28. The lowest BCUT2D eigenvalue weighted by molar-refractivity contribution is -0.161. The van der Waals surface area contributed by atoms with Crippen LogP contribution in [0.2, 0.25) is 0 Å². The van der Waals surface area contributed by atoms with Crippen molar-refractivity contribution in [2.24, 2.45) is 0 Å². The van der Waals surface area contributed by atoms with Gasteiger partial charge in [-0.3, -0.25) is 9.59 Å².